The Morgan fingerprint density at radius 2 is 1.94 bits per heavy atom. The van der Waals surface area contributed by atoms with Gasteiger partial charge in [-0.25, -0.2) is 0 Å². The third-order valence-electron chi connectivity index (χ3n) is 2.51. The van der Waals surface area contributed by atoms with Crippen LogP contribution in [0.4, 0.5) is 0 Å². The van der Waals surface area contributed by atoms with Crippen molar-refractivity contribution < 1.29 is 24.2 Å². The molecule has 2 unspecified atom stereocenters. The van der Waals surface area contributed by atoms with Crippen molar-refractivity contribution in [3.05, 3.63) is 0 Å². The van der Waals surface area contributed by atoms with E-state index in [4.69, 9.17) is 10.8 Å². The first-order valence-electron chi connectivity index (χ1n) is 5.59. The Hall–Kier alpha value is -1.63. The van der Waals surface area contributed by atoms with Crippen molar-refractivity contribution in [2.45, 2.75) is 25.8 Å². The number of ether oxygens (including phenoxy) is 1. The monoisotopic (exact) mass is 260 g/mol. The highest BCUT2D eigenvalue weighted by Gasteiger charge is 2.23. The molecule has 7 heteroatoms. The normalized spacial score (nSPS) is 13.6. The van der Waals surface area contributed by atoms with Crippen molar-refractivity contribution in [1.82, 2.24) is 4.90 Å². The zero-order valence-corrected chi connectivity index (χ0v) is 10.9. The summed E-state index contributed by atoms with van der Waals surface area (Å²) in [5, 5.41) is 8.49. The number of methoxy groups -OCH3 is 1. The van der Waals surface area contributed by atoms with E-state index in [-0.39, 0.29) is 25.3 Å². The van der Waals surface area contributed by atoms with Crippen molar-refractivity contribution in [2.24, 2.45) is 11.7 Å². The molecule has 2 atom stereocenters. The van der Waals surface area contributed by atoms with Crippen molar-refractivity contribution in [3.63, 3.8) is 0 Å². The van der Waals surface area contributed by atoms with Crippen LogP contribution in [-0.4, -0.2) is 54.6 Å². The van der Waals surface area contributed by atoms with Crippen LogP contribution in [-0.2, 0) is 19.1 Å². The molecule has 0 fully saturated rings. The van der Waals surface area contributed by atoms with Crippen LogP contribution >= 0.6 is 0 Å². The molecule has 0 aliphatic carbocycles. The van der Waals surface area contributed by atoms with Crippen LogP contribution in [0.2, 0.25) is 0 Å². The van der Waals surface area contributed by atoms with Gasteiger partial charge in [0.2, 0.25) is 5.91 Å². The standard InChI is InChI=1S/C11H20N2O5/c1-7(11(17)18-3)6-13(2)10(16)8(12)4-5-9(14)15/h7-8H,4-6,12H2,1-3H3,(H,14,15). The lowest BCUT2D eigenvalue weighted by Crippen LogP contribution is -2.44. The molecule has 0 saturated carbocycles. The number of carbonyl (C=O) groups excluding carboxylic acids is 2. The number of carboxylic acid groups (broad SMARTS) is 1. The van der Waals surface area contributed by atoms with E-state index in [0.29, 0.717) is 0 Å². The molecule has 0 aliphatic rings. The summed E-state index contributed by atoms with van der Waals surface area (Å²) in [6.45, 7) is 1.82. The summed E-state index contributed by atoms with van der Waals surface area (Å²) in [7, 11) is 2.79. The number of carbonyl (C=O) groups is 3. The summed E-state index contributed by atoms with van der Waals surface area (Å²) < 4.78 is 4.55. The topological polar surface area (TPSA) is 110 Å². The van der Waals surface area contributed by atoms with Gasteiger partial charge in [0, 0.05) is 20.0 Å². The highest BCUT2D eigenvalue weighted by molar-refractivity contribution is 5.82. The smallest absolute Gasteiger partial charge is 0.310 e. The van der Waals surface area contributed by atoms with E-state index in [1.54, 1.807) is 6.92 Å². The number of amides is 1. The molecule has 0 spiro atoms. The Labute approximate surface area is 106 Å². The third kappa shape index (κ3) is 5.62. The molecule has 0 saturated heterocycles. The van der Waals surface area contributed by atoms with E-state index in [1.807, 2.05) is 0 Å². The molecule has 0 aromatic heterocycles. The molecule has 0 heterocycles. The van der Waals surface area contributed by atoms with E-state index in [2.05, 4.69) is 4.74 Å². The zero-order valence-electron chi connectivity index (χ0n) is 10.9. The quantitative estimate of drug-likeness (QED) is 0.594. The molecule has 104 valence electrons. The molecule has 0 rings (SSSR count). The first-order valence-corrected chi connectivity index (χ1v) is 5.59. The van der Waals surface area contributed by atoms with Crippen LogP contribution < -0.4 is 5.73 Å². The van der Waals surface area contributed by atoms with E-state index in [9.17, 15) is 14.4 Å². The second kappa shape index (κ2) is 7.65. The lowest BCUT2D eigenvalue weighted by atomic mass is 10.1. The molecule has 7 nitrogen and oxygen atoms in total. The number of rotatable bonds is 7. The van der Waals surface area contributed by atoms with Crippen molar-refractivity contribution in [1.29, 1.82) is 0 Å². The number of carboxylic acids is 1. The Bertz CT molecular complexity index is 319. The van der Waals surface area contributed by atoms with Gasteiger partial charge in [0.05, 0.1) is 19.1 Å². The van der Waals surface area contributed by atoms with Crippen LogP contribution in [0, 0.1) is 5.92 Å². The van der Waals surface area contributed by atoms with E-state index >= 15 is 0 Å². The largest absolute Gasteiger partial charge is 0.481 e. The number of nitrogens with zero attached hydrogens (tertiary/aromatic N) is 1. The average Bonchev–Trinajstić information content (AvgIpc) is 2.33. The highest BCUT2D eigenvalue weighted by Crippen LogP contribution is 2.04. The van der Waals surface area contributed by atoms with Crippen molar-refractivity contribution in [3.8, 4) is 0 Å². The van der Waals surface area contributed by atoms with Crippen LogP contribution in [0.5, 0.6) is 0 Å². The van der Waals surface area contributed by atoms with Gasteiger partial charge in [0.1, 0.15) is 0 Å². The maximum Gasteiger partial charge on any atom is 0.310 e. The summed E-state index contributed by atoms with van der Waals surface area (Å²) in [6.07, 6.45) is -0.0849. The summed E-state index contributed by atoms with van der Waals surface area (Å²) >= 11 is 0. The van der Waals surface area contributed by atoms with E-state index < -0.39 is 23.9 Å². The van der Waals surface area contributed by atoms with E-state index in [0.717, 1.165) is 0 Å². The van der Waals surface area contributed by atoms with Crippen LogP contribution in [0.3, 0.4) is 0 Å². The Morgan fingerprint density at radius 1 is 1.39 bits per heavy atom. The molecule has 1 amide bonds. The molecular weight excluding hydrogens is 240 g/mol. The van der Waals surface area contributed by atoms with Gasteiger partial charge in [-0.05, 0) is 6.42 Å². The van der Waals surface area contributed by atoms with Crippen LogP contribution in [0.25, 0.3) is 0 Å². The Kier molecular flexibility index (Phi) is 6.96. The molecule has 0 radical (unpaired) electrons. The molecule has 3 N–H and O–H groups in total. The maximum absolute atomic E-state index is 11.8. The zero-order chi connectivity index (χ0) is 14.3. The van der Waals surface area contributed by atoms with Gasteiger partial charge in [-0.3, -0.25) is 14.4 Å². The maximum atomic E-state index is 11.8. The first kappa shape index (κ1) is 16.4. The first-order chi connectivity index (χ1) is 8.29. The van der Waals surface area contributed by atoms with E-state index in [1.165, 1.54) is 19.1 Å². The molecule has 0 aromatic rings. The summed E-state index contributed by atoms with van der Waals surface area (Å²) in [4.78, 5) is 34.6. The molecule has 0 aromatic carbocycles. The van der Waals surface area contributed by atoms with Gasteiger partial charge >= 0.3 is 11.9 Å². The fourth-order valence-corrected chi connectivity index (χ4v) is 1.46. The van der Waals surface area contributed by atoms with Crippen molar-refractivity contribution in [2.75, 3.05) is 20.7 Å². The Morgan fingerprint density at radius 3 is 2.39 bits per heavy atom. The van der Waals surface area contributed by atoms with Gasteiger partial charge in [-0.15, -0.1) is 0 Å². The lowest BCUT2D eigenvalue weighted by molar-refractivity contribution is -0.146. The minimum Gasteiger partial charge on any atom is -0.481 e. The average molecular weight is 260 g/mol. The predicted octanol–water partition coefficient (Wildman–Crippen LogP) is -0.554. The lowest BCUT2D eigenvalue weighted by Gasteiger charge is -2.23. The number of hydrogen-bond acceptors (Lipinski definition) is 5. The van der Waals surface area contributed by atoms with Crippen molar-refractivity contribution >= 4 is 17.8 Å². The van der Waals surface area contributed by atoms with Gasteiger partial charge in [-0.2, -0.15) is 0 Å². The SMILES string of the molecule is COC(=O)C(C)CN(C)C(=O)C(N)CCC(=O)O. The summed E-state index contributed by atoms with van der Waals surface area (Å²) in [5.74, 6) is -2.24. The second-order valence-electron chi connectivity index (χ2n) is 4.18. The molecule has 18 heavy (non-hydrogen) atoms. The van der Waals surface area contributed by atoms with Crippen LogP contribution in [0.1, 0.15) is 19.8 Å². The fraction of sp³-hybridized carbons (Fsp3) is 0.727. The molecule has 0 bridgehead atoms. The summed E-state index contributed by atoms with van der Waals surface area (Å²) in [6, 6.07) is -0.865. The number of hydrogen-bond donors (Lipinski definition) is 2. The minimum absolute atomic E-state index is 0.0745. The minimum atomic E-state index is -0.996. The van der Waals surface area contributed by atoms with Gasteiger partial charge in [0.15, 0.2) is 0 Å². The fourth-order valence-electron chi connectivity index (χ4n) is 1.46. The van der Waals surface area contributed by atoms with Gasteiger partial charge < -0.3 is 20.5 Å². The molecular formula is C11H20N2O5. The highest BCUT2D eigenvalue weighted by atomic mass is 16.5. The Balaban J connectivity index is 4.24. The number of esters is 1. The van der Waals surface area contributed by atoms with Gasteiger partial charge in [-0.1, -0.05) is 6.92 Å². The summed E-state index contributed by atoms with van der Waals surface area (Å²) in [5.41, 5.74) is 5.58. The second-order valence-corrected chi connectivity index (χ2v) is 4.18. The predicted molar refractivity (Wildman–Crippen MR) is 63.7 cm³/mol. The molecule has 0 aliphatic heterocycles. The third-order valence-corrected chi connectivity index (χ3v) is 2.51. The number of likely N-dealkylation sites (N-methyl/N-ethyl adjacent to an activating group) is 1. The number of nitrogens with two attached hydrogens (primary N) is 1. The number of aliphatic carboxylic acids is 1. The van der Waals surface area contributed by atoms with Crippen LogP contribution in [0.15, 0.2) is 0 Å². The van der Waals surface area contributed by atoms with Gasteiger partial charge in [0.25, 0.3) is 0 Å².